The summed E-state index contributed by atoms with van der Waals surface area (Å²) in [5.41, 5.74) is 3.38. The van der Waals surface area contributed by atoms with Gasteiger partial charge in [-0.05, 0) is 6.07 Å². The maximum absolute atomic E-state index is 12.9. The molecule has 7 nitrogen and oxygen atoms in total. The monoisotopic (exact) mass is 388 g/mol. The van der Waals surface area contributed by atoms with E-state index in [0.29, 0.717) is 40.0 Å². The highest BCUT2D eigenvalue weighted by atomic mass is 35.5. The van der Waals surface area contributed by atoms with Gasteiger partial charge in [-0.3, -0.25) is 9.89 Å². The first kappa shape index (κ1) is 16.8. The summed E-state index contributed by atoms with van der Waals surface area (Å²) < 4.78 is 1.91. The summed E-state index contributed by atoms with van der Waals surface area (Å²) in [7, 11) is 1.77. The van der Waals surface area contributed by atoms with E-state index in [1.165, 1.54) is 0 Å². The maximum Gasteiger partial charge on any atom is 0.270 e. The van der Waals surface area contributed by atoms with Crippen LogP contribution in [0.3, 0.4) is 0 Å². The van der Waals surface area contributed by atoms with Crippen LogP contribution in [0.4, 0.5) is 5.69 Å². The Morgan fingerprint density at radius 3 is 2.92 bits per heavy atom. The quantitative estimate of drug-likeness (QED) is 0.673. The summed E-state index contributed by atoms with van der Waals surface area (Å²) >= 11 is 12.9. The average molecular weight is 389 g/mol. The lowest BCUT2D eigenvalue weighted by Gasteiger charge is -2.25. The molecule has 26 heavy (non-hydrogen) atoms. The zero-order valence-corrected chi connectivity index (χ0v) is 15.3. The third-order valence-corrected chi connectivity index (χ3v) is 5.35. The molecule has 9 heteroatoms. The van der Waals surface area contributed by atoms with Crippen molar-refractivity contribution in [2.45, 2.75) is 6.54 Å². The number of amides is 1. The van der Waals surface area contributed by atoms with Crippen LogP contribution in [0.1, 0.15) is 10.5 Å². The number of H-pyrrole nitrogens is 1. The second kappa shape index (κ2) is 6.24. The highest BCUT2D eigenvalue weighted by Crippen LogP contribution is 2.45. The molecule has 4 rings (SSSR count). The standard InChI is InChI=1S/C17H14Cl2N6O/c1-24-4-5-25-15-13(11(21-3-2-20)6-10(18)14(15)19)12(16(25)17(24)26)9-7-22-23-8-9/h6-8,21H,3-5H2,1H3,(H,22,23). The lowest BCUT2D eigenvalue weighted by Crippen LogP contribution is -2.37. The number of rotatable bonds is 3. The Morgan fingerprint density at radius 2 is 2.23 bits per heavy atom. The van der Waals surface area contributed by atoms with E-state index in [2.05, 4.69) is 21.6 Å². The van der Waals surface area contributed by atoms with Gasteiger partial charge in [-0.15, -0.1) is 0 Å². The molecule has 0 atom stereocenters. The van der Waals surface area contributed by atoms with E-state index in [1.807, 2.05) is 4.57 Å². The summed E-state index contributed by atoms with van der Waals surface area (Å²) in [6.45, 7) is 1.28. The maximum atomic E-state index is 12.9. The molecule has 1 aliphatic heterocycles. The van der Waals surface area contributed by atoms with Gasteiger partial charge in [-0.1, -0.05) is 23.2 Å². The number of benzene rings is 1. The molecule has 3 aromatic rings. The van der Waals surface area contributed by atoms with Gasteiger partial charge in [-0.25, -0.2) is 0 Å². The number of aromatic amines is 1. The molecule has 0 saturated heterocycles. The van der Waals surface area contributed by atoms with Gasteiger partial charge in [-0.2, -0.15) is 10.4 Å². The van der Waals surface area contributed by atoms with Crippen molar-refractivity contribution < 1.29 is 4.79 Å². The molecule has 0 unspecified atom stereocenters. The van der Waals surface area contributed by atoms with Crippen LogP contribution in [0, 0.1) is 11.3 Å². The van der Waals surface area contributed by atoms with Crippen molar-refractivity contribution in [3.63, 3.8) is 0 Å². The van der Waals surface area contributed by atoms with Crippen molar-refractivity contribution in [1.29, 1.82) is 5.26 Å². The fourth-order valence-electron chi connectivity index (χ4n) is 3.41. The third-order valence-electron chi connectivity index (χ3n) is 4.57. The Morgan fingerprint density at radius 1 is 1.42 bits per heavy atom. The van der Waals surface area contributed by atoms with E-state index in [1.54, 1.807) is 30.4 Å². The number of carbonyl (C=O) groups excluding carboxylic acids is 1. The fraction of sp³-hybridized carbons (Fsp3) is 0.235. The molecule has 132 valence electrons. The van der Waals surface area contributed by atoms with Gasteiger partial charge in [0.2, 0.25) is 0 Å². The molecule has 1 amide bonds. The number of nitrogens with one attached hydrogen (secondary N) is 2. The van der Waals surface area contributed by atoms with Gasteiger partial charge >= 0.3 is 0 Å². The number of halogens is 2. The van der Waals surface area contributed by atoms with E-state index in [4.69, 9.17) is 28.5 Å². The molecule has 1 aliphatic rings. The molecule has 1 aromatic carbocycles. The number of nitriles is 1. The molecule has 0 spiro atoms. The van der Waals surface area contributed by atoms with Gasteiger partial charge in [0, 0.05) is 48.5 Å². The molecule has 0 fully saturated rings. The predicted molar refractivity (Wildman–Crippen MR) is 101 cm³/mol. The van der Waals surface area contributed by atoms with Crippen molar-refractivity contribution in [3.8, 4) is 17.2 Å². The van der Waals surface area contributed by atoms with Gasteiger partial charge in [0.25, 0.3) is 5.91 Å². The van der Waals surface area contributed by atoms with Gasteiger partial charge in [0.05, 0.1) is 27.8 Å². The minimum atomic E-state index is -0.0953. The van der Waals surface area contributed by atoms with Crippen molar-refractivity contribution in [2.24, 2.45) is 0 Å². The average Bonchev–Trinajstić information content (AvgIpc) is 3.26. The van der Waals surface area contributed by atoms with Gasteiger partial charge in [0.1, 0.15) is 12.2 Å². The topological polar surface area (TPSA) is 89.7 Å². The van der Waals surface area contributed by atoms with Crippen LogP contribution in [-0.2, 0) is 6.54 Å². The number of aromatic nitrogens is 3. The number of nitrogens with zero attached hydrogens (tertiary/aromatic N) is 4. The number of fused-ring (bicyclic) bond motifs is 3. The SMILES string of the molecule is CN1CCn2c(c(-c3cn[nH]c3)c3c(NCC#N)cc(Cl)c(Cl)c32)C1=O. The third kappa shape index (κ3) is 2.34. The number of anilines is 1. The highest BCUT2D eigenvalue weighted by molar-refractivity contribution is 6.46. The lowest BCUT2D eigenvalue weighted by molar-refractivity contribution is 0.0752. The molecular weight excluding hydrogens is 375 g/mol. The number of carbonyl (C=O) groups is 1. The number of hydrogen-bond donors (Lipinski definition) is 2. The molecule has 3 heterocycles. The van der Waals surface area contributed by atoms with Crippen LogP contribution in [0.15, 0.2) is 18.5 Å². The molecular formula is C17H14Cl2N6O. The van der Waals surface area contributed by atoms with E-state index in [9.17, 15) is 4.79 Å². The van der Waals surface area contributed by atoms with Crippen LogP contribution in [0.2, 0.25) is 10.0 Å². The normalized spacial score (nSPS) is 13.8. The second-order valence-corrected chi connectivity index (χ2v) is 6.83. The summed E-state index contributed by atoms with van der Waals surface area (Å²) in [4.78, 5) is 14.6. The summed E-state index contributed by atoms with van der Waals surface area (Å²) in [6.07, 6.45) is 3.39. The predicted octanol–water partition coefficient (Wildman–Crippen LogP) is 3.36. The van der Waals surface area contributed by atoms with E-state index in [0.717, 1.165) is 16.5 Å². The van der Waals surface area contributed by atoms with Gasteiger partial charge in [0.15, 0.2) is 0 Å². The lowest BCUT2D eigenvalue weighted by atomic mass is 10.0. The number of hydrogen-bond acceptors (Lipinski definition) is 4. The Labute approximate surface area is 159 Å². The molecule has 0 bridgehead atoms. The molecule has 0 radical (unpaired) electrons. The molecule has 0 saturated carbocycles. The number of likely N-dealkylation sites (N-methyl/N-ethyl adjacent to an activating group) is 1. The Kier molecular flexibility index (Phi) is 4.02. The highest BCUT2D eigenvalue weighted by Gasteiger charge is 2.32. The smallest absolute Gasteiger partial charge is 0.270 e. The van der Waals surface area contributed by atoms with Crippen LogP contribution in [-0.4, -0.2) is 45.7 Å². The molecule has 2 aromatic heterocycles. The fourth-order valence-corrected chi connectivity index (χ4v) is 3.86. The van der Waals surface area contributed by atoms with Crippen LogP contribution < -0.4 is 5.32 Å². The van der Waals surface area contributed by atoms with Crippen molar-refractivity contribution >= 4 is 45.7 Å². The molecule has 0 aliphatic carbocycles. The Hall–Kier alpha value is -2.69. The van der Waals surface area contributed by atoms with Crippen molar-refractivity contribution in [2.75, 3.05) is 25.5 Å². The van der Waals surface area contributed by atoms with Crippen molar-refractivity contribution in [1.82, 2.24) is 19.7 Å². The zero-order valence-electron chi connectivity index (χ0n) is 13.8. The van der Waals surface area contributed by atoms with E-state index >= 15 is 0 Å². The first-order valence-electron chi connectivity index (χ1n) is 7.94. The minimum Gasteiger partial charge on any atom is -0.372 e. The van der Waals surface area contributed by atoms with Crippen molar-refractivity contribution in [3.05, 3.63) is 34.2 Å². The first-order valence-corrected chi connectivity index (χ1v) is 8.69. The van der Waals surface area contributed by atoms with E-state index < -0.39 is 0 Å². The van der Waals surface area contributed by atoms with Crippen LogP contribution in [0.5, 0.6) is 0 Å². The zero-order chi connectivity index (χ0) is 18.4. The van der Waals surface area contributed by atoms with E-state index in [-0.39, 0.29) is 12.5 Å². The minimum absolute atomic E-state index is 0.0953. The second-order valence-electron chi connectivity index (χ2n) is 6.04. The van der Waals surface area contributed by atoms with Crippen LogP contribution in [0.25, 0.3) is 22.0 Å². The van der Waals surface area contributed by atoms with Gasteiger partial charge < -0.3 is 14.8 Å². The first-order chi connectivity index (χ1) is 12.5. The Balaban J connectivity index is 2.17. The summed E-state index contributed by atoms with van der Waals surface area (Å²) in [5, 5.41) is 20.4. The Bertz CT molecular complexity index is 1060. The largest absolute Gasteiger partial charge is 0.372 e. The summed E-state index contributed by atoms with van der Waals surface area (Å²) in [6, 6.07) is 3.75. The summed E-state index contributed by atoms with van der Waals surface area (Å²) in [5.74, 6) is -0.0953. The van der Waals surface area contributed by atoms with Crippen LogP contribution >= 0.6 is 23.2 Å². The molecule has 2 N–H and O–H groups in total.